The minimum atomic E-state index is -0.289. The van der Waals surface area contributed by atoms with Crippen LogP contribution in [0.2, 0.25) is 0 Å². The number of aromatic nitrogens is 2. The summed E-state index contributed by atoms with van der Waals surface area (Å²) in [5.41, 5.74) is 1.14. The summed E-state index contributed by atoms with van der Waals surface area (Å²) in [6.45, 7) is 0.627. The lowest BCUT2D eigenvalue weighted by Gasteiger charge is -2.30. The van der Waals surface area contributed by atoms with Gasteiger partial charge in [-0.3, -0.25) is 4.79 Å². The molecule has 1 amide bonds. The molecule has 1 aromatic carbocycles. The molecule has 6 heteroatoms. The molecule has 23 heavy (non-hydrogen) atoms. The molecule has 1 saturated carbocycles. The van der Waals surface area contributed by atoms with E-state index in [9.17, 15) is 4.79 Å². The number of rotatable bonds is 4. The van der Waals surface area contributed by atoms with Crippen LogP contribution in [0.15, 0.2) is 34.9 Å². The molecule has 2 atom stereocenters. The van der Waals surface area contributed by atoms with E-state index in [0.717, 1.165) is 31.2 Å². The van der Waals surface area contributed by atoms with Crippen LogP contribution in [0, 0.1) is 0 Å². The van der Waals surface area contributed by atoms with E-state index in [1.807, 2.05) is 18.2 Å². The molecular weight excluding hydrogens is 294 g/mol. The van der Waals surface area contributed by atoms with Crippen molar-refractivity contribution in [2.75, 3.05) is 6.61 Å². The zero-order valence-electron chi connectivity index (χ0n) is 12.8. The SMILES string of the molecule is O=C(NC1CCOC(c2ccccc2)C1)c1nc(C2CC2)no1. The molecule has 0 spiro atoms. The number of amides is 1. The first-order chi connectivity index (χ1) is 11.3. The van der Waals surface area contributed by atoms with Crippen molar-refractivity contribution in [3.63, 3.8) is 0 Å². The van der Waals surface area contributed by atoms with Gasteiger partial charge in [-0.2, -0.15) is 4.98 Å². The topological polar surface area (TPSA) is 77.2 Å². The van der Waals surface area contributed by atoms with Crippen molar-refractivity contribution in [1.82, 2.24) is 15.5 Å². The normalized spacial score (nSPS) is 24.3. The van der Waals surface area contributed by atoms with Gasteiger partial charge in [0.15, 0.2) is 5.82 Å². The summed E-state index contributed by atoms with van der Waals surface area (Å²) in [5.74, 6) is 0.813. The highest BCUT2D eigenvalue weighted by Gasteiger charge is 2.31. The molecule has 1 saturated heterocycles. The van der Waals surface area contributed by atoms with Crippen LogP contribution in [0.5, 0.6) is 0 Å². The van der Waals surface area contributed by atoms with Gasteiger partial charge < -0.3 is 14.6 Å². The number of ether oxygens (including phenoxy) is 1. The lowest BCUT2D eigenvalue weighted by Crippen LogP contribution is -2.40. The Hall–Kier alpha value is -2.21. The van der Waals surface area contributed by atoms with Crippen LogP contribution in [0.3, 0.4) is 0 Å². The first-order valence-electron chi connectivity index (χ1n) is 8.10. The zero-order valence-corrected chi connectivity index (χ0v) is 12.8. The fraction of sp³-hybridized carbons (Fsp3) is 0.471. The number of carbonyl (C=O) groups excluding carboxylic acids is 1. The predicted octanol–water partition coefficient (Wildman–Crippen LogP) is 2.60. The standard InChI is InChI=1S/C17H19N3O3/c21-16(17-19-15(20-23-17)12-6-7-12)18-13-8-9-22-14(10-13)11-4-2-1-3-5-11/h1-5,12-14H,6-10H2,(H,18,21). The molecule has 1 N–H and O–H groups in total. The lowest BCUT2D eigenvalue weighted by atomic mass is 9.97. The van der Waals surface area contributed by atoms with E-state index in [1.165, 1.54) is 0 Å². The molecule has 2 aliphatic rings. The van der Waals surface area contributed by atoms with Crippen molar-refractivity contribution in [1.29, 1.82) is 0 Å². The highest BCUT2D eigenvalue weighted by Crippen LogP contribution is 2.38. The fourth-order valence-corrected chi connectivity index (χ4v) is 2.91. The third-order valence-corrected chi connectivity index (χ3v) is 4.37. The molecule has 1 aromatic heterocycles. The Balaban J connectivity index is 1.38. The Morgan fingerprint density at radius 1 is 1.17 bits per heavy atom. The summed E-state index contributed by atoms with van der Waals surface area (Å²) in [6.07, 6.45) is 3.72. The summed E-state index contributed by atoms with van der Waals surface area (Å²) in [5, 5.41) is 6.88. The number of hydrogen-bond donors (Lipinski definition) is 1. The van der Waals surface area contributed by atoms with Gasteiger partial charge in [0.25, 0.3) is 0 Å². The summed E-state index contributed by atoms with van der Waals surface area (Å²) in [7, 11) is 0. The van der Waals surface area contributed by atoms with Gasteiger partial charge in [-0.05, 0) is 31.2 Å². The second kappa shape index (κ2) is 6.12. The number of benzene rings is 1. The quantitative estimate of drug-likeness (QED) is 0.939. The first kappa shape index (κ1) is 14.4. The molecule has 0 radical (unpaired) electrons. The van der Waals surface area contributed by atoms with Crippen molar-refractivity contribution in [3.8, 4) is 0 Å². The van der Waals surface area contributed by atoms with Gasteiger partial charge in [-0.15, -0.1) is 0 Å². The van der Waals surface area contributed by atoms with Crippen LogP contribution in [0.25, 0.3) is 0 Å². The van der Waals surface area contributed by atoms with Gasteiger partial charge in [0, 0.05) is 18.6 Å². The number of nitrogens with zero attached hydrogens (tertiary/aromatic N) is 2. The highest BCUT2D eigenvalue weighted by molar-refractivity contribution is 5.89. The third kappa shape index (κ3) is 3.27. The Morgan fingerprint density at radius 3 is 2.78 bits per heavy atom. The van der Waals surface area contributed by atoms with Gasteiger partial charge in [-0.25, -0.2) is 0 Å². The third-order valence-electron chi connectivity index (χ3n) is 4.37. The average molecular weight is 313 g/mol. The molecular formula is C17H19N3O3. The molecule has 120 valence electrons. The molecule has 2 unspecified atom stereocenters. The molecule has 2 heterocycles. The van der Waals surface area contributed by atoms with Gasteiger partial charge in [-0.1, -0.05) is 35.5 Å². The van der Waals surface area contributed by atoms with E-state index < -0.39 is 0 Å². The van der Waals surface area contributed by atoms with E-state index in [0.29, 0.717) is 18.3 Å². The number of hydrogen-bond acceptors (Lipinski definition) is 5. The Bertz CT molecular complexity index is 681. The van der Waals surface area contributed by atoms with Crippen LogP contribution < -0.4 is 5.32 Å². The van der Waals surface area contributed by atoms with E-state index in [1.54, 1.807) is 0 Å². The summed E-state index contributed by atoms with van der Waals surface area (Å²) in [4.78, 5) is 16.5. The average Bonchev–Trinajstić information content (AvgIpc) is 3.33. The van der Waals surface area contributed by atoms with Crippen molar-refractivity contribution in [2.45, 2.75) is 43.7 Å². The Labute approximate surface area is 134 Å². The molecule has 1 aliphatic carbocycles. The molecule has 2 fully saturated rings. The summed E-state index contributed by atoms with van der Waals surface area (Å²) >= 11 is 0. The summed E-state index contributed by atoms with van der Waals surface area (Å²) in [6, 6.07) is 10.1. The maximum atomic E-state index is 12.3. The fourth-order valence-electron chi connectivity index (χ4n) is 2.91. The second-order valence-corrected chi connectivity index (χ2v) is 6.20. The van der Waals surface area contributed by atoms with E-state index >= 15 is 0 Å². The van der Waals surface area contributed by atoms with E-state index in [2.05, 4.69) is 27.6 Å². The zero-order chi connectivity index (χ0) is 15.6. The molecule has 4 rings (SSSR count). The van der Waals surface area contributed by atoms with Crippen molar-refractivity contribution < 1.29 is 14.1 Å². The number of nitrogens with one attached hydrogen (secondary N) is 1. The highest BCUT2D eigenvalue weighted by atomic mass is 16.5. The monoisotopic (exact) mass is 313 g/mol. The van der Waals surface area contributed by atoms with Gasteiger partial charge >= 0.3 is 11.8 Å². The maximum Gasteiger partial charge on any atom is 0.315 e. The van der Waals surface area contributed by atoms with Crippen molar-refractivity contribution in [2.24, 2.45) is 0 Å². The predicted molar refractivity (Wildman–Crippen MR) is 81.9 cm³/mol. The molecule has 6 nitrogen and oxygen atoms in total. The molecule has 1 aliphatic heterocycles. The van der Waals surface area contributed by atoms with Crippen LogP contribution in [0.4, 0.5) is 0 Å². The van der Waals surface area contributed by atoms with Crippen LogP contribution in [-0.2, 0) is 4.74 Å². The van der Waals surface area contributed by atoms with E-state index in [4.69, 9.17) is 9.26 Å². The first-order valence-corrected chi connectivity index (χ1v) is 8.10. The van der Waals surface area contributed by atoms with Crippen molar-refractivity contribution in [3.05, 3.63) is 47.6 Å². The van der Waals surface area contributed by atoms with Crippen LogP contribution in [-0.4, -0.2) is 28.7 Å². The largest absolute Gasteiger partial charge is 0.373 e. The molecule has 2 aromatic rings. The lowest BCUT2D eigenvalue weighted by molar-refractivity contribution is 0.000615. The number of carbonyl (C=O) groups is 1. The smallest absolute Gasteiger partial charge is 0.315 e. The maximum absolute atomic E-state index is 12.3. The van der Waals surface area contributed by atoms with Gasteiger partial charge in [0.2, 0.25) is 0 Å². The second-order valence-electron chi connectivity index (χ2n) is 6.20. The van der Waals surface area contributed by atoms with Gasteiger partial charge in [0.1, 0.15) is 0 Å². The van der Waals surface area contributed by atoms with Gasteiger partial charge in [0.05, 0.1) is 6.10 Å². The van der Waals surface area contributed by atoms with E-state index in [-0.39, 0.29) is 23.9 Å². The van der Waals surface area contributed by atoms with Crippen LogP contribution in [0.1, 0.15) is 59.8 Å². The Kier molecular flexibility index (Phi) is 3.83. The minimum absolute atomic E-state index is 0.0139. The summed E-state index contributed by atoms with van der Waals surface area (Å²) < 4.78 is 10.9. The Morgan fingerprint density at radius 2 is 2.00 bits per heavy atom. The van der Waals surface area contributed by atoms with Crippen molar-refractivity contribution >= 4 is 5.91 Å². The minimum Gasteiger partial charge on any atom is -0.373 e. The van der Waals surface area contributed by atoms with Crippen LogP contribution >= 0.6 is 0 Å². The molecule has 0 bridgehead atoms.